The summed E-state index contributed by atoms with van der Waals surface area (Å²) in [6.45, 7) is 2.27. The van der Waals surface area contributed by atoms with Crippen LogP contribution in [0, 0.1) is 6.92 Å². The van der Waals surface area contributed by atoms with Crippen molar-refractivity contribution in [3.05, 3.63) is 59.7 Å². The average Bonchev–Trinajstić information content (AvgIpc) is 2.48. The molecular weight excluding hydrogens is 286 g/mol. The lowest BCUT2D eigenvalue weighted by molar-refractivity contribution is 0.414. The van der Waals surface area contributed by atoms with E-state index in [4.69, 9.17) is 4.74 Å². The van der Waals surface area contributed by atoms with Gasteiger partial charge in [-0.1, -0.05) is 29.8 Å². The molecule has 0 spiro atoms. The van der Waals surface area contributed by atoms with Crippen LogP contribution in [0.1, 0.15) is 11.1 Å². The fourth-order valence-electron chi connectivity index (χ4n) is 1.96. The van der Waals surface area contributed by atoms with Crippen LogP contribution in [-0.2, 0) is 16.4 Å². The van der Waals surface area contributed by atoms with Crippen LogP contribution in [0.2, 0.25) is 0 Å². The molecule has 0 atom stereocenters. The van der Waals surface area contributed by atoms with E-state index < -0.39 is 10.0 Å². The summed E-state index contributed by atoms with van der Waals surface area (Å²) in [7, 11) is -1.83. The number of rotatable bonds is 6. The molecule has 112 valence electrons. The number of benzene rings is 2. The molecule has 0 saturated heterocycles. The highest BCUT2D eigenvalue weighted by molar-refractivity contribution is 7.89. The topological polar surface area (TPSA) is 55.4 Å². The lowest BCUT2D eigenvalue weighted by Gasteiger charge is -2.08. The number of methoxy groups -OCH3 is 1. The minimum absolute atomic E-state index is 0.291. The number of aryl methyl sites for hydroxylation is 1. The molecule has 0 unspecified atom stereocenters. The van der Waals surface area contributed by atoms with E-state index in [1.54, 1.807) is 31.4 Å². The smallest absolute Gasteiger partial charge is 0.240 e. The molecule has 0 saturated carbocycles. The molecule has 0 bridgehead atoms. The monoisotopic (exact) mass is 305 g/mol. The van der Waals surface area contributed by atoms with Crippen LogP contribution in [0.3, 0.4) is 0 Å². The van der Waals surface area contributed by atoms with E-state index in [9.17, 15) is 8.42 Å². The highest BCUT2D eigenvalue weighted by atomic mass is 32.2. The molecule has 21 heavy (non-hydrogen) atoms. The summed E-state index contributed by atoms with van der Waals surface area (Å²) >= 11 is 0. The predicted octanol–water partition coefficient (Wildman–Crippen LogP) is 2.52. The number of ether oxygens (including phenoxy) is 1. The van der Waals surface area contributed by atoms with E-state index in [-0.39, 0.29) is 0 Å². The van der Waals surface area contributed by atoms with Gasteiger partial charge in [0.05, 0.1) is 12.0 Å². The van der Waals surface area contributed by atoms with E-state index in [1.165, 1.54) is 0 Å². The van der Waals surface area contributed by atoms with E-state index in [1.807, 2.05) is 31.2 Å². The molecule has 1 N–H and O–H groups in total. The normalized spacial score (nSPS) is 11.3. The van der Waals surface area contributed by atoms with Crippen LogP contribution < -0.4 is 9.46 Å². The molecule has 0 heterocycles. The predicted molar refractivity (Wildman–Crippen MR) is 83.1 cm³/mol. The largest absolute Gasteiger partial charge is 0.497 e. The van der Waals surface area contributed by atoms with Gasteiger partial charge in [-0.2, -0.15) is 0 Å². The van der Waals surface area contributed by atoms with Crippen molar-refractivity contribution in [2.24, 2.45) is 0 Å². The summed E-state index contributed by atoms with van der Waals surface area (Å²) < 4.78 is 32.0. The molecule has 0 aromatic heterocycles. The lowest BCUT2D eigenvalue weighted by atomic mass is 10.1. The first kappa shape index (κ1) is 15.5. The first-order valence-electron chi connectivity index (χ1n) is 6.70. The third kappa shape index (κ3) is 4.31. The molecule has 2 rings (SSSR count). The molecule has 0 aliphatic heterocycles. The number of hydrogen-bond donors (Lipinski definition) is 1. The second-order valence-corrected chi connectivity index (χ2v) is 6.58. The van der Waals surface area contributed by atoms with E-state index in [0.717, 1.165) is 16.9 Å². The van der Waals surface area contributed by atoms with Crippen molar-refractivity contribution in [2.45, 2.75) is 18.2 Å². The minimum atomic E-state index is -3.44. The zero-order chi connectivity index (χ0) is 15.3. The zero-order valence-corrected chi connectivity index (χ0v) is 13.0. The standard InChI is InChI=1S/C16H19NO3S/c1-13-6-8-16(9-7-13)21(18,19)17-11-10-14-4-3-5-15(12-14)20-2/h3-9,12,17H,10-11H2,1-2H3. The van der Waals surface area contributed by atoms with Crippen LogP contribution in [-0.4, -0.2) is 22.1 Å². The van der Waals surface area contributed by atoms with Gasteiger partial charge in [0.15, 0.2) is 0 Å². The second kappa shape index (κ2) is 6.74. The molecule has 5 heteroatoms. The molecule has 2 aromatic carbocycles. The van der Waals surface area contributed by atoms with E-state index >= 15 is 0 Å². The van der Waals surface area contributed by atoms with Gasteiger partial charge in [0.25, 0.3) is 0 Å². The highest BCUT2D eigenvalue weighted by Gasteiger charge is 2.12. The van der Waals surface area contributed by atoms with Crippen LogP contribution >= 0.6 is 0 Å². The summed E-state index contributed by atoms with van der Waals surface area (Å²) in [6, 6.07) is 14.4. The Labute approximate surface area is 125 Å². The molecular formula is C16H19NO3S. The maximum Gasteiger partial charge on any atom is 0.240 e. The Morgan fingerprint density at radius 3 is 2.48 bits per heavy atom. The molecule has 0 fully saturated rings. The summed E-state index contributed by atoms with van der Waals surface area (Å²) in [4.78, 5) is 0.291. The lowest BCUT2D eigenvalue weighted by Crippen LogP contribution is -2.26. The van der Waals surface area contributed by atoms with Crippen molar-refractivity contribution < 1.29 is 13.2 Å². The SMILES string of the molecule is COc1cccc(CCNS(=O)(=O)c2ccc(C)cc2)c1. The Balaban J connectivity index is 1.97. The number of nitrogens with one attached hydrogen (secondary N) is 1. The molecule has 0 amide bonds. The Morgan fingerprint density at radius 2 is 1.81 bits per heavy atom. The van der Waals surface area contributed by atoms with Crippen molar-refractivity contribution in [3.8, 4) is 5.75 Å². The van der Waals surface area contributed by atoms with Crippen LogP contribution in [0.4, 0.5) is 0 Å². The van der Waals surface area contributed by atoms with E-state index in [0.29, 0.717) is 17.9 Å². The Kier molecular flexibility index (Phi) is 4.98. The van der Waals surface area contributed by atoms with Crippen molar-refractivity contribution in [1.29, 1.82) is 0 Å². The van der Waals surface area contributed by atoms with Gasteiger partial charge in [-0.15, -0.1) is 0 Å². The van der Waals surface area contributed by atoms with Crippen molar-refractivity contribution in [2.75, 3.05) is 13.7 Å². The van der Waals surface area contributed by atoms with Crippen molar-refractivity contribution >= 4 is 10.0 Å². The maximum atomic E-state index is 12.1. The fraction of sp³-hybridized carbons (Fsp3) is 0.250. The highest BCUT2D eigenvalue weighted by Crippen LogP contribution is 2.13. The van der Waals surface area contributed by atoms with Gasteiger partial charge in [-0.25, -0.2) is 13.1 Å². The summed E-state index contributed by atoms with van der Waals surface area (Å²) in [6.07, 6.45) is 0.613. The fourth-order valence-corrected chi connectivity index (χ4v) is 2.99. The first-order chi connectivity index (χ1) is 10.0. The van der Waals surface area contributed by atoms with Gasteiger partial charge in [0.1, 0.15) is 5.75 Å². The van der Waals surface area contributed by atoms with Gasteiger partial charge in [-0.05, 0) is 43.2 Å². The van der Waals surface area contributed by atoms with Gasteiger partial charge in [-0.3, -0.25) is 0 Å². The molecule has 0 radical (unpaired) electrons. The number of sulfonamides is 1. The minimum Gasteiger partial charge on any atom is -0.497 e. The van der Waals surface area contributed by atoms with E-state index in [2.05, 4.69) is 4.72 Å². The van der Waals surface area contributed by atoms with Gasteiger partial charge < -0.3 is 4.74 Å². The van der Waals surface area contributed by atoms with Gasteiger partial charge in [0.2, 0.25) is 10.0 Å². The Morgan fingerprint density at radius 1 is 1.10 bits per heavy atom. The Hall–Kier alpha value is -1.85. The molecule has 4 nitrogen and oxygen atoms in total. The third-order valence-electron chi connectivity index (χ3n) is 3.17. The first-order valence-corrected chi connectivity index (χ1v) is 8.19. The Bertz CT molecular complexity index is 694. The summed E-state index contributed by atoms with van der Waals surface area (Å²) in [5.41, 5.74) is 2.06. The molecule has 2 aromatic rings. The van der Waals surface area contributed by atoms with Crippen LogP contribution in [0.15, 0.2) is 53.4 Å². The zero-order valence-electron chi connectivity index (χ0n) is 12.2. The van der Waals surface area contributed by atoms with Crippen molar-refractivity contribution in [3.63, 3.8) is 0 Å². The maximum absolute atomic E-state index is 12.1. The third-order valence-corrected chi connectivity index (χ3v) is 4.65. The van der Waals surface area contributed by atoms with Gasteiger partial charge >= 0.3 is 0 Å². The second-order valence-electron chi connectivity index (χ2n) is 4.81. The average molecular weight is 305 g/mol. The van der Waals surface area contributed by atoms with Crippen LogP contribution in [0.25, 0.3) is 0 Å². The summed E-state index contributed by atoms with van der Waals surface area (Å²) in [5.74, 6) is 0.772. The quantitative estimate of drug-likeness (QED) is 0.892. The van der Waals surface area contributed by atoms with Gasteiger partial charge in [0, 0.05) is 6.54 Å². The van der Waals surface area contributed by atoms with Crippen LogP contribution in [0.5, 0.6) is 5.75 Å². The molecule has 0 aliphatic rings. The molecule has 0 aliphatic carbocycles. The number of hydrogen-bond acceptors (Lipinski definition) is 3. The van der Waals surface area contributed by atoms with Crippen molar-refractivity contribution in [1.82, 2.24) is 4.72 Å². The summed E-state index contributed by atoms with van der Waals surface area (Å²) in [5, 5.41) is 0.